The third kappa shape index (κ3) is 3.69. The minimum atomic E-state index is -4.79. The molecule has 3 nitrogen and oxygen atoms in total. The smallest absolute Gasteiger partial charge is 0.368 e. The molecule has 0 spiro atoms. The van der Waals surface area contributed by atoms with Crippen molar-refractivity contribution in [2.75, 3.05) is 31.1 Å². The van der Waals surface area contributed by atoms with Crippen LogP contribution in [0, 0.1) is 11.8 Å². The Kier molecular flexibility index (Phi) is 4.41. The number of rotatable bonds is 1. The van der Waals surface area contributed by atoms with Gasteiger partial charge in [-0.25, -0.2) is 0 Å². The van der Waals surface area contributed by atoms with E-state index >= 15 is 0 Å². The van der Waals surface area contributed by atoms with E-state index in [9.17, 15) is 18.0 Å². The monoisotopic (exact) mass is 296 g/mol. The minimum Gasteiger partial charge on any atom is -0.368 e. The van der Waals surface area contributed by atoms with Crippen molar-refractivity contribution < 1.29 is 18.0 Å². The molecule has 1 aromatic rings. The van der Waals surface area contributed by atoms with Crippen molar-refractivity contribution in [3.63, 3.8) is 0 Å². The lowest BCUT2D eigenvalue weighted by molar-refractivity contribution is -0.185. The van der Waals surface area contributed by atoms with Crippen LogP contribution in [-0.4, -0.2) is 43.2 Å². The summed E-state index contributed by atoms with van der Waals surface area (Å²) in [6, 6.07) is 7.53. The predicted octanol–water partition coefficient (Wildman–Crippen LogP) is 2.27. The zero-order valence-corrected chi connectivity index (χ0v) is 11.6. The van der Waals surface area contributed by atoms with Gasteiger partial charge in [0.1, 0.15) is 0 Å². The molecular formula is C15H15F3N2O. The van der Waals surface area contributed by atoms with E-state index in [2.05, 4.69) is 11.8 Å². The number of alkyl halides is 3. The van der Waals surface area contributed by atoms with Crippen LogP contribution in [0.3, 0.4) is 0 Å². The molecule has 1 amide bonds. The minimum absolute atomic E-state index is 0.0782. The van der Waals surface area contributed by atoms with Crippen LogP contribution in [0.1, 0.15) is 12.5 Å². The second-order valence-corrected chi connectivity index (χ2v) is 4.70. The summed E-state index contributed by atoms with van der Waals surface area (Å²) in [4.78, 5) is 14.0. The van der Waals surface area contributed by atoms with E-state index in [1.165, 1.54) is 0 Å². The van der Waals surface area contributed by atoms with E-state index in [0.717, 1.165) is 16.2 Å². The molecule has 1 aliphatic rings. The number of hydrogen-bond acceptors (Lipinski definition) is 2. The number of amides is 1. The molecule has 0 atom stereocenters. The Labute approximate surface area is 121 Å². The lowest BCUT2D eigenvalue weighted by atomic mass is 10.2. The molecule has 2 rings (SSSR count). The molecule has 0 bridgehead atoms. The largest absolute Gasteiger partial charge is 0.471 e. The Balaban J connectivity index is 1.97. The topological polar surface area (TPSA) is 23.6 Å². The summed E-state index contributed by atoms with van der Waals surface area (Å²) in [6.45, 7) is 2.69. The molecule has 21 heavy (non-hydrogen) atoms. The van der Waals surface area contributed by atoms with Crippen molar-refractivity contribution in [3.05, 3.63) is 29.8 Å². The van der Waals surface area contributed by atoms with E-state index in [1.54, 1.807) is 6.92 Å². The van der Waals surface area contributed by atoms with Gasteiger partial charge in [-0.05, 0) is 31.2 Å². The number of halogens is 3. The van der Waals surface area contributed by atoms with Crippen LogP contribution < -0.4 is 4.90 Å². The second kappa shape index (κ2) is 6.08. The number of benzene rings is 1. The number of piperazine rings is 1. The van der Waals surface area contributed by atoms with Crippen molar-refractivity contribution in [1.82, 2.24) is 4.90 Å². The molecule has 1 saturated heterocycles. The number of carbonyl (C=O) groups excluding carboxylic acids is 1. The van der Waals surface area contributed by atoms with Crippen LogP contribution >= 0.6 is 0 Å². The Morgan fingerprint density at radius 3 is 2.14 bits per heavy atom. The van der Waals surface area contributed by atoms with Gasteiger partial charge in [0, 0.05) is 37.4 Å². The second-order valence-electron chi connectivity index (χ2n) is 4.70. The third-order valence-corrected chi connectivity index (χ3v) is 3.31. The maximum absolute atomic E-state index is 12.4. The Hall–Kier alpha value is -2.16. The lowest BCUT2D eigenvalue weighted by Crippen LogP contribution is -2.52. The molecule has 0 radical (unpaired) electrons. The van der Waals surface area contributed by atoms with Gasteiger partial charge in [0.15, 0.2) is 0 Å². The summed E-state index contributed by atoms with van der Waals surface area (Å²) < 4.78 is 37.1. The highest BCUT2D eigenvalue weighted by Crippen LogP contribution is 2.21. The van der Waals surface area contributed by atoms with Gasteiger partial charge in [0.05, 0.1) is 0 Å². The van der Waals surface area contributed by atoms with Gasteiger partial charge in [0.2, 0.25) is 0 Å². The Morgan fingerprint density at radius 2 is 1.67 bits per heavy atom. The van der Waals surface area contributed by atoms with Gasteiger partial charge < -0.3 is 9.80 Å². The van der Waals surface area contributed by atoms with E-state index < -0.39 is 12.1 Å². The average molecular weight is 296 g/mol. The fourth-order valence-corrected chi connectivity index (χ4v) is 2.25. The van der Waals surface area contributed by atoms with Crippen molar-refractivity contribution in [3.8, 4) is 11.8 Å². The Bertz CT molecular complexity index is 561. The quantitative estimate of drug-likeness (QED) is 0.742. The molecular weight excluding hydrogens is 281 g/mol. The van der Waals surface area contributed by atoms with E-state index in [0.29, 0.717) is 13.1 Å². The van der Waals surface area contributed by atoms with Crippen molar-refractivity contribution >= 4 is 11.6 Å². The van der Waals surface area contributed by atoms with Crippen molar-refractivity contribution in [2.45, 2.75) is 13.1 Å². The van der Waals surface area contributed by atoms with Crippen molar-refractivity contribution in [1.29, 1.82) is 0 Å². The molecule has 0 aliphatic carbocycles. The molecule has 1 heterocycles. The van der Waals surface area contributed by atoms with Gasteiger partial charge in [-0.2, -0.15) is 13.2 Å². The maximum Gasteiger partial charge on any atom is 0.471 e. The van der Waals surface area contributed by atoms with Crippen LogP contribution in [0.15, 0.2) is 24.3 Å². The fraction of sp³-hybridized carbons (Fsp3) is 0.400. The summed E-state index contributed by atoms with van der Waals surface area (Å²) in [5, 5.41) is 0. The first kappa shape index (κ1) is 15.2. The van der Waals surface area contributed by atoms with Gasteiger partial charge in [-0.15, -0.1) is 5.92 Å². The molecule has 112 valence electrons. The van der Waals surface area contributed by atoms with Crippen LogP contribution in [0.5, 0.6) is 0 Å². The highest BCUT2D eigenvalue weighted by molar-refractivity contribution is 5.82. The summed E-state index contributed by atoms with van der Waals surface area (Å²) in [6.07, 6.45) is -4.79. The molecule has 0 aromatic heterocycles. The third-order valence-electron chi connectivity index (χ3n) is 3.31. The summed E-state index contributed by atoms with van der Waals surface area (Å²) in [7, 11) is 0. The first-order chi connectivity index (χ1) is 9.91. The van der Waals surface area contributed by atoms with Crippen LogP contribution in [-0.2, 0) is 4.79 Å². The number of anilines is 1. The molecule has 6 heteroatoms. The van der Waals surface area contributed by atoms with Crippen LogP contribution in [0.25, 0.3) is 0 Å². The van der Waals surface area contributed by atoms with Gasteiger partial charge in [-0.1, -0.05) is 5.92 Å². The van der Waals surface area contributed by atoms with Gasteiger partial charge >= 0.3 is 12.1 Å². The van der Waals surface area contributed by atoms with E-state index in [4.69, 9.17) is 0 Å². The highest BCUT2D eigenvalue weighted by Gasteiger charge is 2.43. The number of nitrogens with zero attached hydrogens (tertiary/aromatic N) is 2. The zero-order valence-electron chi connectivity index (χ0n) is 11.6. The summed E-state index contributed by atoms with van der Waals surface area (Å²) >= 11 is 0. The molecule has 0 unspecified atom stereocenters. The average Bonchev–Trinajstić information content (AvgIpc) is 2.47. The van der Waals surface area contributed by atoms with Crippen LogP contribution in [0.4, 0.5) is 18.9 Å². The predicted molar refractivity (Wildman–Crippen MR) is 73.8 cm³/mol. The van der Waals surface area contributed by atoms with Gasteiger partial charge in [-0.3, -0.25) is 4.79 Å². The van der Waals surface area contributed by atoms with E-state index in [1.807, 2.05) is 29.2 Å². The fourth-order valence-electron chi connectivity index (χ4n) is 2.25. The molecule has 1 fully saturated rings. The first-order valence-electron chi connectivity index (χ1n) is 6.55. The lowest BCUT2D eigenvalue weighted by Gasteiger charge is -2.36. The van der Waals surface area contributed by atoms with Crippen LogP contribution in [0.2, 0.25) is 0 Å². The summed E-state index contributed by atoms with van der Waals surface area (Å²) in [5.74, 6) is 3.98. The number of carbonyl (C=O) groups is 1. The standard InChI is InChI=1S/C15H15F3N2O/c1-2-3-12-4-6-13(7-5-12)19-8-10-20(11-9-19)14(21)15(16,17)18/h4-7H,8-11H2,1H3. The molecule has 1 aliphatic heterocycles. The zero-order chi connectivity index (χ0) is 15.5. The normalized spacial score (nSPS) is 15.4. The maximum atomic E-state index is 12.4. The summed E-state index contributed by atoms with van der Waals surface area (Å²) in [5.41, 5.74) is 1.82. The SMILES string of the molecule is CC#Cc1ccc(N2CCN(C(=O)C(F)(F)F)CC2)cc1. The molecule has 1 aromatic carbocycles. The number of hydrogen-bond donors (Lipinski definition) is 0. The Morgan fingerprint density at radius 1 is 1.10 bits per heavy atom. The van der Waals surface area contributed by atoms with Gasteiger partial charge in [0.25, 0.3) is 0 Å². The molecule has 0 N–H and O–H groups in total. The van der Waals surface area contributed by atoms with Crippen molar-refractivity contribution in [2.24, 2.45) is 0 Å². The highest BCUT2D eigenvalue weighted by atomic mass is 19.4. The molecule has 0 saturated carbocycles. The first-order valence-corrected chi connectivity index (χ1v) is 6.55. The van der Waals surface area contributed by atoms with E-state index in [-0.39, 0.29) is 13.1 Å².